The van der Waals surface area contributed by atoms with Crippen LogP contribution in [0.2, 0.25) is 0 Å². The van der Waals surface area contributed by atoms with Gasteiger partial charge >= 0.3 is 0 Å². The Bertz CT molecular complexity index is 299. The van der Waals surface area contributed by atoms with Gasteiger partial charge in [-0.1, -0.05) is 18.0 Å². The molecule has 1 fully saturated rings. The minimum atomic E-state index is 0. The third kappa shape index (κ3) is 3.22. The summed E-state index contributed by atoms with van der Waals surface area (Å²) in [6, 6.07) is 0.755. The second kappa shape index (κ2) is 6.26. The zero-order valence-corrected chi connectivity index (χ0v) is 10.9. The molecule has 1 aliphatic carbocycles. The van der Waals surface area contributed by atoms with Crippen molar-refractivity contribution in [3.63, 3.8) is 0 Å². The van der Waals surface area contributed by atoms with Crippen LogP contribution in [0.15, 0.2) is 4.52 Å². The maximum absolute atomic E-state index is 5.14. The smallest absolute Gasteiger partial charge is 0.137 e. The Morgan fingerprint density at radius 2 is 2.00 bits per heavy atom. The SMILES string of the molecule is Cc1noc(C)c1CCNC1CCCC1.Cl. The Morgan fingerprint density at radius 1 is 1.31 bits per heavy atom. The molecular weight excluding hydrogens is 224 g/mol. The normalized spacial score (nSPS) is 16.4. The lowest BCUT2D eigenvalue weighted by Crippen LogP contribution is -2.28. The highest BCUT2D eigenvalue weighted by atomic mass is 35.5. The standard InChI is InChI=1S/C12H20N2O.ClH/c1-9-12(10(2)15-14-9)7-8-13-11-5-3-4-6-11;/h11,13H,3-8H2,1-2H3;1H. The number of hydrogen-bond donors (Lipinski definition) is 1. The molecule has 0 saturated heterocycles. The van der Waals surface area contributed by atoms with Gasteiger partial charge in [-0.25, -0.2) is 0 Å². The van der Waals surface area contributed by atoms with Gasteiger partial charge in [0.25, 0.3) is 0 Å². The summed E-state index contributed by atoms with van der Waals surface area (Å²) in [5, 5.41) is 7.57. The Kier molecular flexibility index (Phi) is 5.29. The Balaban J connectivity index is 0.00000128. The number of hydrogen-bond acceptors (Lipinski definition) is 3. The highest BCUT2D eigenvalue weighted by molar-refractivity contribution is 5.85. The molecule has 4 heteroatoms. The summed E-state index contributed by atoms with van der Waals surface area (Å²) in [6.07, 6.45) is 6.52. The van der Waals surface area contributed by atoms with E-state index in [1.54, 1.807) is 0 Å². The van der Waals surface area contributed by atoms with Crippen LogP contribution in [-0.4, -0.2) is 17.7 Å². The van der Waals surface area contributed by atoms with Gasteiger partial charge in [-0.3, -0.25) is 0 Å². The second-order valence-electron chi connectivity index (χ2n) is 4.49. The van der Waals surface area contributed by atoms with Crippen LogP contribution in [0.3, 0.4) is 0 Å². The maximum atomic E-state index is 5.14. The fraction of sp³-hybridized carbons (Fsp3) is 0.750. The van der Waals surface area contributed by atoms with Crippen LogP contribution in [0, 0.1) is 13.8 Å². The maximum Gasteiger partial charge on any atom is 0.137 e. The minimum Gasteiger partial charge on any atom is -0.361 e. The molecule has 0 unspecified atom stereocenters. The van der Waals surface area contributed by atoms with Gasteiger partial charge in [0.15, 0.2) is 0 Å². The fourth-order valence-corrected chi connectivity index (χ4v) is 2.39. The molecule has 0 aliphatic heterocycles. The van der Waals surface area contributed by atoms with E-state index in [4.69, 9.17) is 4.52 Å². The second-order valence-corrected chi connectivity index (χ2v) is 4.49. The molecule has 1 saturated carbocycles. The van der Waals surface area contributed by atoms with Crippen LogP contribution in [0.4, 0.5) is 0 Å². The molecule has 2 rings (SSSR count). The molecule has 1 aliphatic rings. The van der Waals surface area contributed by atoms with Crippen LogP contribution < -0.4 is 5.32 Å². The van der Waals surface area contributed by atoms with Gasteiger partial charge in [-0.2, -0.15) is 0 Å². The highest BCUT2D eigenvalue weighted by Gasteiger charge is 2.14. The number of nitrogens with one attached hydrogen (secondary N) is 1. The topological polar surface area (TPSA) is 38.1 Å². The van der Waals surface area contributed by atoms with E-state index in [0.717, 1.165) is 30.5 Å². The predicted molar refractivity (Wildman–Crippen MR) is 67.2 cm³/mol. The summed E-state index contributed by atoms with van der Waals surface area (Å²) in [5.74, 6) is 0.973. The van der Waals surface area contributed by atoms with Crippen molar-refractivity contribution in [1.29, 1.82) is 0 Å². The summed E-state index contributed by atoms with van der Waals surface area (Å²) >= 11 is 0. The molecule has 1 aromatic rings. The van der Waals surface area contributed by atoms with E-state index < -0.39 is 0 Å². The van der Waals surface area contributed by atoms with Crippen molar-refractivity contribution in [2.75, 3.05) is 6.54 Å². The first kappa shape index (κ1) is 13.5. The largest absolute Gasteiger partial charge is 0.361 e. The summed E-state index contributed by atoms with van der Waals surface area (Å²) in [4.78, 5) is 0. The first-order valence-electron chi connectivity index (χ1n) is 5.92. The number of aromatic nitrogens is 1. The van der Waals surface area contributed by atoms with Crippen LogP contribution in [0.25, 0.3) is 0 Å². The van der Waals surface area contributed by atoms with Gasteiger partial charge in [0.1, 0.15) is 5.76 Å². The van der Waals surface area contributed by atoms with Crippen LogP contribution in [0.1, 0.15) is 42.7 Å². The lowest BCUT2D eigenvalue weighted by Gasteiger charge is -2.10. The molecule has 0 spiro atoms. The monoisotopic (exact) mass is 244 g/mol. The highest BCUT2D eigenvalue weighted by Crippen LogP contribution is 2.18. The number of halogens is 1. The van der Waals surface area contributed by atoms with Gasteiger partial charge in [0.05, 0.1) is 5.69 Å². The van der Waals surface area contributed by atoms with E-state index in [9.17, 15) is 0 Å². The van der Waals surface area contributed by atoms with Crippen molar-refractivity contribution in [3.8, 4) is 0 Å². The van der Waals surface area contributed by atoms with Gasteiger partial charge in [-0.05, 0) is 39.7 Å². The first-order chi connectivity index (χ1) is 7.27. The Hall–Kier alpha value is -0.540. The van der Waals surface area contributed by atoms with Gasteiger partial charge in [-0.15, -0.1) is 12.4 Å². The van der Waals surface area contributed by atoms with Crippen molar-refractivity contribution in [2.45, 2.75) is 52.0 Å². The van der Waals surface area contributed by atoms with Crippen LogP contribution in [-0.2, 0) is 6.42 Å². The molecule has 1 aromatic heterocycles. The van der Waals surface area contributed by atoms with Crippen molar-refractivity contribution >= 4 is 12.4 Å². The minimum absolute atomic E-state index is 0. The molecule has 0 radical (unpaired) electrons. The molecule has 16 heavy (non-hydrogen) atoms. The van der Waals surface area contributed by atoms with Crippen molar-refractivity contribution in [2.24, 2.45) is 0 Å². The Morgan fingerprint density at radius 3 is 2.56 bits per heavy atom. The summed E-state index contributed by atoms with van der Waals surface area (Å²) < 4.78 is 5.14. The number of rotatable bonds is 4. The first-order valence-corrected chi connectivity index (χ1v) is 5.92. The lowest BCUT2D eigenvalue weighted by molar-refractivity contribution is 0.392. The average molecular weight is 245 g/mol. The predicted octanol–water partition coefficient (Wildman–Crippen LogP) is 2.79. The van der Waals surface area contributed by atoms with E-state index >= 15 is 0 Å². The van der Waals surface area contributed by atoms with Crippen molar-refractivity contribution in [1.82, 2.24) is 10.5 Å². The molecule has 1 N–H and O–H groups in total. The lowest BCUT2D eigenvalue weighted by atomic mass is 10.1. The zero-order chi connectivity index (χ0) is 10.7. The van der Waals surface area contributed by atoms with Crippen LogP contribution in [0.5, 0.6) is 0 Å². The number of aryl methyl sites for hydroxylation is 2. The molecule has 0 amide bonds. The van der Waals surface area contributed by atoms with Gasteiger partial charge < -0.3 is 9.84 Å². The summed E-state index contributed by atoms with van der Waals surface area (Å²) in [5.41, 5.74) is 2.32. The van der Waals surface area contributed by atoms with E-state index in [0.29, 0.717) is 0 Å². The molecule has 92 valence electrons. The molecule has 0 aromatic carbocycles. The Labute approximate surface area is 103 Å². The third-order valence-electron chi connectivity index (χ3n) is 3.34. The van der Waals surface area contributed by atoms with Crippen molar-refractivity contribution in [3.05, 3.63) is 17.0 Å². The molecule has 0 bridgehead atoms. The average Bonchev–Trinajstić information content (AvgIpc) is 2.82. The molecular formula is C12H21ClN2O. The number of nitrogens with zero attached hydrogens (tertiary/aromatic N) is 1. The molecule has 1 heterocycles. The fourth-order valence-electron chi connectivity index (χ4n) is 2.39. The van der Waals surface area contributed by atoms with E-state index in [1.807, 2.05) is 13.8 Å². The van der Waals surface area contributed by atoms with E-state index in [1.165, 1.54) is 31.2 Å². The van der Waals surface area contributed by atoms with Crippen molar-refractivity contribution < 1.29 is 4.52 Å². The zero-order valence-electron chi connectivity index (χ0n) is 10.1. The van der Waals surface area contributed by atoms with Gasteiger partial charge in [0, 0.05) is 11.6 Å². The summed E-state index contributed by atoms with van der Waals surface area (Å²) in [6.45, 7) is 5.06. The molecule has 3 nitrogen and oxygen atoms in total. The third-order valence-corrected chi connectivity index (χ3v) is 3.34. The van der Waals surface area contributed by atoms with Gasteiger partial charge in [0.2, 0.25) is 0 Å². The molecule has 0 atom stereocenters. The summed E-state index contributed by atoms with van der Waals surface area (Å²) in [7, 11) is 0. The van der Waals surface area contributed by atoms with Crippen LogP contribution >= 0.6 is 12.4 Å². The van der Waals surface area contributed by atoms with E-state index in [-0.39, 0.29) is 12.4 Å². The van der Waals surface area contributed by atoms with E-state index in [2.05, 4.69) is 10.5 Å². The quantitative estimate of drug-likeness (QED) is 0.885.